The predicted octanol–water partition coefficient (Wildman–Crippen LogP) is 2.79. The van der Waals surface area contributed by atoms with Crippen LogP contribution >= 0.6 is 22.9 Å². The average Bonchev–Trinajstić information content (AvgIpc) is 2.90. The van der Waals surface area contributed by atoms with E-state index in [2.05, 4.69) is 9.82 Å². The van der Waals surface area contributed by atoms with Gasteiger partial charge < -0.3 is 0 Å². The van der Waals surface area contributed by atoms with Crippen molar-refractivity contribution < 1.29 is 8.42 Å². The number of thiophene rings is 1. The Labute approximate surface area is 154 Å². The summed E-state index contributed by atoms with van der Waals surface area (Å²) in [6.07, 6.45) is 1.60. The zero-order valence-electron chi connectivity index (χ0n) is 13.6. The minimum Gasteiger partial charge on any atom is -0.267 e. The van der Waals surface area contributed by atoms with Crippen molar-refractivity contribution in [1.29, 1.82) is 0 Å². The predicted molar refractivity (Wildman–Crippen MR) is 99.9 cm³/mol. The Balaban J connectivity index is 1.82. The van der Waals surface area contributed by atoms with Crippen LogP contribution in [0.2, 0.25) is 4.34 Å². The third-order valence-corrected chi connectivity index (χ3v) is 7.28. The van der Waals surface area contributed by atoms with Crippen LogP contribution < -0.4 is 10.3 Å². The first-order valence-corrected chi connectivity index (χ1v) is 10.2. The van der Waals surface area contributed by atoms with Crippen LogP contribution in [0, 0.1) is 6.92 Å². The van der Waals surface area contributed by atoms with Crippen LogP contribution in [0.25, 0.3) is 10.8 Å². The first kappa shape index (κ1) is 18.1. The molecule has 2 aromatic heterocycles. The molecular weight excluding hydrogens is 382 g/mol. The summed E-state index contributed by atoms with van der Waals surface area (Å²) in [5.74, 6) is 0. The number of aromatic nitrogens is 2. The van der Waals surface area contributed by atoms with Crippen molar-refractivity contribution in [3.8, 4) is 0 Å². The lowest BCUT2D eigenvalue weighted by Crippen LogP contribution is -2.38. The molecule has 0 amide bonds. The second-order valence-electron chi connectivity index (χ2n) is 5.76. The van der Waals surface area contributed by atoms with Crippen molar-refractivity contribution in [2.45, 2.75) is 30.6 Å². The molecule has 0 aliphatic carbocycles. The Hall–Kier alpha value is -1.74. The van der Waals surface area contributed by atoms with Gasteiger partial charge in [-0.1, -0.05) is 29.8 Å². The van der Waals surface area contributed by atoms with Crippen molar-refractivity contribution in [3.63, 3.8) is 0 Å². The largest absolute Gasteiger partial charge is 0.274 e. The van der Waals surface area contributed by atoms with Gasteiger partial charge in [-0.3, -0.25) is 4.79 Å². The molecule has 6 nitrogen and oxygen atoms in total. The first-order chi connectivity index (χ1) is 11.8. The normalized spacial score (nSPS) is 13.2. The summed E-state index contributed by atoms with van der Waals surface area (Å²) >= 11 is 6.95. The summed E-state index contributed by atoms with van der Waals surface area (Å²) < 4.78 is 29.3. The van der Waals surface area contributed by atoms with Gasteiger partial charge in [-0.05, 0) is 31.5 Å². The van der Waals surface area contributed by atoms with Gasteiger partial charge in [0.05, 0.1) is 22.5 Å². The van der Waals surface area contributed by atoms with Crippen LogP contribution in [0.3, 0.4) is 0 Å². The summed E-state index contributed by atoms with van der Waals surface area (Å²) in [7, 11) is -3.70. The number of aryl methyl sites for hydroxylation is 1. The van der Waals surface area contributed by atoms with E-state index in [0.29, 0.717) is 15.3 Å². The maximum atomic E-state index is 12.5. The highest BCUT2D eigenvalue weighted by Gasteiger charge is 2.21. The molecule has 9 heteroatoms. The molecule has 0 aliphatic heterocycles. The van der Waals surface area contributed by atoms with Gasteiger partial charge in [0.15, 0.2) is 0 Å². The summed E-state index contributed by atoms with van der Waals surface area (Å²) in [6, 6.07) is 8.16. The van der Waals surface area contributed by atoms with Crippen LogP contribution in [0.5, 0.6) is 0 Å². The number of fused-ring (bicyclic) bond motifs is 1. The van der Waals surface area contributed by atoms with Crippen molar-refractivity contribution in [2.75, 3.05) is 0 Å². The molecule has 2 heterocycles. The molecule has 132 valence electrons. The molecule has 3 aromatic rings. The lowest BCUT2D eigenvalue weighted by molar-refractivity contribution is 0.481. The highest BCUT2D eigenvalue weighted by molar-refractivity contribution is 7.91. The number of hydrogen-bond donors (Lipinski definition) is 1. The molecule has 0 radical (unpaired) electrons. The molecule has 0 fully saturated rings. The Bertz CT molecular complexity index is 1070. The second-order valence-corrected chi connectivity index (χ2v) is 9.36. The molecule has 1 N–H and O–H groups in total. The quantitative estimate of drug-likeness (QED) is 0.717. The van der Waals surface area contributed by atoms with E-state index in [4.69, 9.17) is 11.6 Å². The van der Waals surface area contributed by atoms with Gasteiger partial charge in [0.25, 0.3) is 5.56 Å². The highest BCUT2D eigenvalue weighted by atomic mass is 35.5. The third-order valence-electron chi connectivity index (χ3n) is 3.66. The third kappa shape index (κ3) is 3.77. The van der Waals surface area contributed by atoms with Crippen LogP contribution in [0.1, 0.15) is 12.5 Å². The van der Waals surface area contributed by atoms with E-state index in [9.17, 15) is 13.2 Å². The van der Waals surface area contributed by atoms with E-state index >= 15 is 0 Å². The van der Waals surface area contributed by atoms with Crippen LogP contribution in [-0.2, 0) is 16.6 Å². The summed E-state index contributed by atoms with van der Waals surface area (Å²) in [4.78, 5) is 12.5. The van der Waals surface area contributed by atoms with Gasteiger partial charge in [0, 0.05) is 11.4 Å². The Morgan fingerprint density at radius 1 is 1.36 bits per heavy atom. The van der Waals surface area contributed by atoms with E-state index in [1.54, 1.807) is 32.2 Å². The number of nitrogens with zero attached hydrogens (tertiary/aromatic N) is 2. The van der Waals surface area contributed by atoms with Crippen molar-refractivity contribution >= 4 is 43.7 Å². The average molecular weight is 398 g/mol. The van der Waals surface area contributed by atoms with Crippen molar-refractivity contribution in [1.82, 2.24) is 14.5 Å². The van der Waals surface area contributed by atoms with Gasteiger partial charge in [0.1, 0.15) is 4.21 Å². The van der Waals surface area contributed by atoms with Crippen LogP contribution in [0.4, 0.5) is 0 Å². The molecule has 25 heavy (non-hydrogen) atoms. The molecule has 1 aromatic carbocycles. The standard InChI is InChI=1S/C16H16ClN3O3S2/c1-10-7-14(24-15(10)17)25(22,23)19-11(2)9-20-16(21)13-6-4-3-5-12(13)8-18-20/h3-8,11,19H,9H2,1-2H3. The molecule has 0 bridgehead atoms. The highest BCUT2D eigenvalue weighted by Crippen LogP contribution is 2.30. The Morgan fingerprint density at radius 3 is 2.76 bits per heavy atom. The zero-order chi connectivity index (χ0) is 18.2. The number of nitrogens with one attached hydrogen (secondary N) is 1. The fourth-order valence-corrected chi connectivity index (χ4v) is 5.40. The SMILES string of the molecule is Cc1cc(S(=O)(=O)NC(C)Cn2ncc3ccccc3c2=O)sc1Cl. The van der Waals surface area contributed by atoms with Gasteiger partial charge in [-0.15, -0.1) is 11.3 Å². The molecule has 0 spiro atoms. The minimum absolute atomic E-state index is 0.126. The van der Waals surface area contributed by atoms with E-state index < -0.39 is 16.1 Å². The number of rotatable bonds is 5. The molecule has 1 atom stereocenters. The Morgan fingerprint density at radius 2 is 2.08 bits per heavy atom. The van der Waals surface area contributed by atoms with Crippen molar-refractivity contribution in [3.05, 3.63) is 56.8 Å². The summed E-state index contributed by atoms with van der Waals surface area (Å²) in [5.41, 5.74) is 0.464. The number of benzene rings is 1. The number of hydrogen-bond acceptors (Lipinski definition) is 5. The summed E-state index contributed by atoms with van der Waals surface area (Å²) in [6.45, 7) is 3.56. The minimum atomic E-state index is -3.70. The summed E-state index contributed by atoms with van der Waals surface area (Å²) in [5, 5.41) is 5.42. The lowest BCUT2D eigenvalue weighted by atomic mass is 10.2. The topological polar surface area (TPSA) is 81.1 Å². The molecular formula is C16H16ClN3O3S2. The molecule has 0 aliphatic rings. The fourth-order valence-electron chi connectivity index (χ4n) is 2.44. The number of sulfonamides is 1. The maximum absolute atomic E-state index is 12.5. The van der Waals surface area contributed by atoms with Gasteiger partial charge in [-0.25, -0.2) is 17.8 Å². The monoisotopic (exact) mass is 397 g/mol. The van der Waals surface area contributed by atoms with E-state index in [1.165, 1.54) is 10.7 Å². The Kier molecular flexibility index (Phi) is 4.97. The van der Waals surface area contributed by atoms with Gasteiger partial charge in [0.2, 0.25) is 10.0 Å². The molecule has 3 rings (SSSR count). The van der Waals surface area contributed by atoms with E-state index in [0.717, 1.165) is 16.7 Å². The number of halogens is 1. The van der Waals surface area contributed by atoms with Crippen molar-refractivity contribution in [2.24, 2.45) is 0 Å². The first-order valence-electron chi connectivity index (χ1n) is 7.51. The lowest BCUT2D eigenvalue weighted by Gasteiger charge is -2.14. The molecule has 1 unspecified atom stereocenters. The van der Waals surface area contributed by atoms with E-state index in [-0.39, 0.29) is 16.3 Å². The second kappa shape index (κ2) is 6.87. The van der Waals surface area contributed by atoms with E-state index in [1.807, 2.05) is 12.1 Å². The maximum Gasteiger partial charge on any atom is 0.274 e. The van der Waals surface area contributed by atoms with Crippen LogP contribution in [-0.4, -0.2) is 24.2 Å². The molecule has 0 saturated carbocycles. The fraction of sp³-hybridized carbons (Fsp3) is 0.250. The van der Waals surface area contributed by atoms with Gasteiger partial charge in [-0.2, -0.15) is 5.10 Å². The van der Waals surface area contributed by atoms with Crippen LogP contribution in [0.15, 0.2) is 45.5 Å². The van der Waals surface area contributed by atoms with Gasteiger partial charge >= 0.3 is 0 Å². The molecule has 0 saturated heterocycles. The smallest absolute Gasteiger partial charge is 0.267 e. The zero-order valence-corrected chi connectivity index (χ0v) is 16.0.